The second-order valence-electron chi connectivity index (χ2n) is 6.91. The summed E-state index contributed by atoms with van der Waals surface area (Å²) in [5.41, 5.74) is 5.17. The standard InChI is InChI=1S/C17H32N4O6/c1-5-10(4)14(17(26)27)21-15(24)11(6-9(2)3)20-16(25)12(8-22)19-13(23)7-18/h9-12,14,22H,5-8,18H2,1-4H3,(H,19,23)(H,20,25)(H,21,24)(H,26,27). The Balaban J connectivity index is 5.24. The zero-order valence-electron chi connectivity index (χ0n) is 16.3. The Morgan fingerprint density at radius 2 is 1.52 bits per heavy atom. The number of aliphatic hydroxyl groups excluding tert-OH is 1. The van der Waals surface area contributed by atoms with E-state index in [0.717, 1.165) is 0 Å². The number of aliphatic carboxylic acids is 1. The summed E-state index contributed by atoms with van der Waals surface area (Å²) in [6, 6.07) is -3.35. The van der Waals surface area contributed by atoms with Crippen molar-refractivity contribution in [1.29, 1.82) is 0 Å². The van der Waals surface area contributed by atoms with Gasteiger partial charge >= 0.3 is 5.97 Å². The number of nitrogens with one attached hydrogen (secondary N) is 3. The number of aliphatic hydroxyl groups is 1. The molecule has 0 saturated heterocycles. The molecule has 0 aromatic rings. The largest absolute Gasteiger partial charge is 0.480 e. The van der Waals surface area contributed by atoms with E-state index in [1.54, 1.807) is 6.92 Å². The van der Waals surface area contributed by atoms with Crippen molar-refractivity contribution in [2.24, 2.45) is 17.6 Å². The third-order valence-electron chi connectivity index (χ3n) is 4.14. The second-order valence-corrected chi connectivity index (χ2v) is 6.91. The molecule has 156 valence electrons. The Bertz CT molecular complexity index is 526. The maximum atomic E-state index is 12.6. The Morgan fingerprint density at radius 1 is 0.963 bits per heavy atom. The highest BCUT2D eigenvalue weighted by Gasteiger charge is 2.31. The van der Waals surface area contributed by atoms with Crippen molar-refractivity contribution in [1.82, 2.24) is 16.0 Å². The number of amides is 3. The van der Waals surface area contributed by atoms with Crippen molar-refractivity contribution in [3.8, 4) is 0 Å². The molecular weight excluding hydrogens is 356 g/mol. The number of carboxylic acid groups (broad SMARTS) is 1. The van der Waals surface area contributed by atoms with Crippen LogP contribution in [-0.2, 0) is 19.2 Å². The normalized spacial score (nSPS) is 15.4. The first kappa shape index (κ1) is 24.8. The molecule has 3 amide bonds. The third-order valence-corrected chi connectivity index (χ3v) is 4.14. The van der Waals surface area contributed by atoms with Crippen molar-refractivity contribution in [2.45, 2.75) is 58.7 Å². The van der Waals surface area contributed by atoms with Gasteiger partial charge in [-0.3, -0.25) is 14.4 Å². The number of carboxylic acids is 1. The lowest BCUT2D eigenvalue weighted by molar-refractivity contribution is -0.144. The summed E-state index contributed by atoms with van der Waals surface area (Å²) < 4.78 is 0. The number of hydrogen-bond acceptors (Lipinski definition) is 6. The smallest absolute Gasteiger partial charge is 0.326 e. The van der Waals surface area contributed by atoms with Crippen LogP contribution in [0.4, 0.5) is 0 Å². The third kappa shape index (κ3) is 8.83. The van der Waals surface area contributed by atoms with E-state index in [2.05, 4.69) is 16.0 Å². The van der Waals surface area contributed by atoms with Gasteiger partial charge in [-0.25, -0.2) is 4.79 Å². The predicted molar refractivity (Wildman–Crippen MR) is 98.5 cm³/mol. The number of carbonyl (C=O) groups is 4. The SMILES string of the molecule is CCC(C)C(NC(=O)C(CC(C)C)NC(=O)C(CO)NC(=O)CN)C(=O)O. The summed E-state index contributed by atoms with van der Waals surface area (Å²) in [6.45, 7) is 6.18. The summed E-state index contributed by atoms with van der Waals surface area (Å²) in [7, 11) is 0. The molecule has 0 aliphatic rings. The zero-order valence-corrected chi connectivity index (χ0v) is 16.3. The molecule has 0 heterocycles. The molecule has 10 nitrogen and oxygen atoms in total. The van der Waals surface area contributed by atoms with Gasteiger partial charge in [-0.05, 0) is 18.3 Å². The van der Waals surface area contributed by atoms with E-state index in [0.29, 0.717) is 6.42 Å². The first-order valence-electron chi connectivity index (χ1n) is 9.01. The monoisotopic (exact) mass is 388 g/mol. The molecule has 0 saturated carbocycles. The van der Waals surface area contributed by atoms with Crippen LogP contribution in [0.3, 0.4) is 0 Å². The zero-order chi connectivity index (χ0) is 21.1. The van der Waals surface area contributed by atoms with Gasteiger partial charge in [0.15, 0.2) is 0 Å². The highest BCUT2D eigenvalue weighted by molar-refractivity contribution is 5.93. The average Bonchev–Trinajstić information content (AvgIpc) is 2.61. The summed E-state index contributed by atoms with van der Waals surface area (Å²) in [5, 5.41) is 25.8. The van der Waals surface area contributed by atoms with Crippen LogP contribution < -0.4 is 21.7 Å². The van der Waals surface area contributed by atoms with Crippen molar-refractivity contribution in [3.05, 3.63) is 0 Å². The molecule has 0 aromatic carbocycles. The van der Waals surface area contributed by atoms with Crippen LogP contribution in [0, 0.1) is 11.8 Å². The molecule has 0 fully saturated rings. The molecule has 0 aliphatic heterocycles. The summed E-state index contributed by atoms with van der Waals surface area (Å²) in [4.78, 5) is 47.6. The lowest BCUT2D eigenvalue weighted by Crippen LogP contribution is -2.58. The van der Waals surface area contributed by atoms with Crippen LogP contribution in [0.1, 0.15) is 40.5 Å². The molecule has 27 heavy (non-hydrogen) atoms. The van der Waals surface area contributed by atoms with Crippen molar-refractivity contribution >= 4 is 23.7 Å². The maximum Gasteiger partial charge on any atom is 0.326 e. The predicted octanol–water partition coefficient (Wildman–Crippen LogP) is -1.43. The van der Waals surface area contributed by atoms with Crippen LogP contribution in [-0.4, -0.2) is 65.2 Å². The van der Waals surface area contributed by atoms with Gasteiger partial charge in [-0.15, -0.1) is 0 Å². The minimum absolute atomic E-state index is 0.0270. The van der Waals surface area contributed by atoms with Crippen molar-refractivity contribution in [3.63, 3.8) is 0 Å². The molecule has 0 spiro atoms. The van der Waals surface area contributed by atoms with E-state index in [1.165, 1.54) is 0 Å². The van der Waals surface area contributed by atoms with Crippen molar-refractivity contribution in [2.75, 3.05) is 13.2 Å². The fourth-order valence-corrected chi connectivity index (χ4v) is 2.36. The quantitative estimate of drug-likeness (QED) is 0.238. The van der Waals surface area contributed by atoms with Crippen LogP contribution in [0.15, 0.2) is 0 Å². The number of rotatable bonds is 12. The van der Waals surface area contributed by atoms with Gasteiger partial charge < -0.3 is 31.9 Å². The van der Waals surface area contributed by atoms with Crippen LogP contribution in [0.2, 0.25) is 0 Å². The minimum atomic E-state index is -1.26. The molecule has 0 rings (SSSR count). The van der Waals surface area contributed by atoms with Crippen LogP contribution >= 0.6 is 0 Å². The van der Waals surface area contributed by atoms with Gasteiger partial charge in [0.05, 0.1) is 13.2 Å². The van der Waals surface area contributed by atoms with Gasteiger partial charge in [0.25, 0.3) is 0 Å². The molecule has 0 radical (unpaired) electrons. The molecule has 7 N–H and O–H groups in total. The molecule has 4 atom stereocenters. The van der Waals surface area contributed by atoms with E-state index in [9.17, 15) is 29.4 Å². The Labute approximate surface area is 159 Å². The number of hydrogen-bond donors (Lipinski definition) is 6. The highest BCUT2D eigenvalue weighted by Crippen LogP contribution is 2.10. The number of nitrogens with two attached hydrogens (primary N) is 1. The lowest BCUT2D eigenvalue weighted by atomic mass is 9.97. The lowest BCUT2D eigenvalue weighted by Gasteiger charge is -2.26. The topological polar surface area (TPSA) is 171 Å². The molecule has 10 heteroatoms. The van der Waals surface area contributed by atoms with Gasteiger partial charge in [0.1, 0.15) is 18.1 Å². The van der Waals surface area contributed by atoms with E-state index in [-0.39, 0.29) is 24.8 Å². The van der Waals surface area contributed by atoms with E-state index >= 15 is 0 Å². The van der Waals surface area contributed by atoms with E-state index in [1.807, 2.05) is 20.8 Å². The molecule has 4 unspecified atom stereocenters. The second kappa shape index (κ2) is 12.2. The first-order chi connectivity index (χ1) is 12.6. The Morgan fingerprint density at radius 3 is 1.93 bits per heavy atom. The molecule has 0 aromatic heterocycles. The molecular formula is C17H32N4O6. The summed E-state index contributed by atoms with van der Waals surface area (Å²) in [6.07, 6.45) is 0.809. The summed E-state index contributed by atoms with van der Waals surface area (Å²) >= 11 is 0. The first-order valence-corrected chi connectivity index (χ1v) is 9.01. The van der Waals surface area contributed by atoms with Crippen LogP contribution in [0.5, 0.6) is 0 Å². The number of carbonyl (C=O) groups excluding carboxylic acids is 3. The van der Waals surface area contributed by atoms with Gasteiger partial charge in [-0.2, -0.15) is 0 Å². The van der Waals surface area contributed by atoms with Gasteiger partial charge in [0, 0.05) is 0 Å². The van der Waals surface area contributed by atoms with E-state index < -0.39 is 48.4 Å². The van der Waals surface area contributed by atoms with Gasteiger partial charge in [0.2, 0.25) is 17.7 Å². The van der Waals surface area contributed by atoms with E-state index in [4.69, 9.17) is 5.73 Å². The average molecular weight is 388 g/mol. The van der Waals surface area contributed by atoms with Gasteiger partial charge in [-0.1, -0.05) is 34.1 Å². The molecule has 0 aliphatic carbocycles. The highest BCUT2D eigenvalue weighted by atomic mass is 16.4. The Kier molecular flexibility index (Phi) is 11.2. The maximum absolute atomic E-state index is 12.6. The minimum Gasteiger partial charge on any atom is -0.480 e. The fourth-order valence-electron chi connectivity index (χ4n) is 2.36. The fraction of sp³-hybridized carbons (Fsp3) is 0.765. The van der Waals surface area contributed by atoms with Crippen molar-refractivity contribution < 1.29 is 29.4 Å². The van der Waals surface area contributed by atoms with Crippen LogP contribution in [0.25, 0.3) is 0 Å². The summed E-state index contributed by atoms with van der Waals surface area (Å²) in [5.74, 6) is -3.44. The molecule has 0 bridgehead atoms. The Hall–Kier alpha value is -2.20.